The Kier molecular flexibility index (Phi) is 5.49. The highest BCUT2D eigenvalue weighted by Crippen LogP contribution is 2.30. The number of carbonyl (C=O) groups is 1. The van der Waals surface area contributed by atoms with E-state index < -0.39 is 26.1 Å². The zero-order valence-corrected chi connectivity index (χ0v) is 16.3. The molecule has 0 fully saturated rings. The molecular formula is C19H15F3N4O3S. The van der Waals surface area contributed by atoms with E-state index in [9.17, 15) is 26.4 Å². The second-order valence-corrected chi connectivity index (χ2v) is 8.22. The van der Waals surface area contributed by atoms with Crippen LogP contribution in [0.2, 0.25) is 0 Å². The Labute approximate surface area is 169 Å². The summed E-state index contributed by atoms with van der Waals surface area (Å²) in [6.45, 7) is 1.92. The number of sulfone groups is 1. The van der Waals surface area contributed by atoms with Crippen LogP contribution in [-0.4, -0.2) is 29.8 Å². The Balaban J connectivity index is 1.84. The lowest BCUT2D eigenvalue weighted by atomic mass is 10.1. The van der Waals surface area contributed by atoms with Crippen LogP contribution in [0.5, 0.6) is 0 Å². The molecule has 0 unspecified atom stereocenters. The molecule has 3 rings (SSSR count). The van der Waals surface area contributed by atoms with Crippen molar-refractivity contribution in [2.75, 3.05) is 11.1 Å². The fraction of sp³-hybridized carbons (Fsp3) is 0.105. The topological polar surface area (TPSA) is 115 Å². The van der Waals surface area contributed by atoms with Crippen LogP contribution in [0, 0.1) is 6.92 Å². The van der Waals surface area contributed by atoms with Crippen LogP contribution in [0.15, 0.2) is 59.6 Å². The highest BCUT2D eigenvalue weighted by Gasteiger charge is 2.46. The van der Waals surface area contributed by atoms with Crippen molar-refractivity contribution in [3.8, 4) is 11.3 Å². The third-order valence-corrected chi connectivity index (χ3v) is 5.59. The molecule has 0 bridgehead atoms. The van der Waals surface area contributed by atoms with Crippen LogP contribution in [0.4, 0.5) is 24.7 Å². The highest BCUT2D eigenvalue weighted by molar-refractivity contribution is 7.92. The van der Waals surface area contributed by atoms with E-state index in [0.29, 0.717) is 11.3 Å². The van der Waals surface area contributed by atoms with E-state index in [1.807, 2.05) is 19.1 Å². The van der Waals surface area contributed by atoms with Crippen molar-refractivity contribution in [3.05, 3.63) is 66.0 Å². The first-order valence-electron chi connectivity index (χ1n) is 8.41. The molecule has 0 radical (unpaired) electrons. The van der Waals surface area contributed by atoms with Crippen LogP contribution >= 0.6 is 0 Å². The smallest absolute Gasteiger partial charge is 0.382 e. The number of nitrogens with two attached hydrogens (primary N) is 1. The summed E-state index contributed by atoms with van der Waals surface area (Å²) < 4.78 is 60.6. The first kappa shape index (κ1) is 21.2. The molecule has 0 aliphatic carbocycles. The number of hydrogen-bond donors (Lipinski definition) is 2. The summed E-state index contributed by atoms with van der Waals surface area (Å²) in [7, 11) is -5.47. The molecule has 1 aromatic heterocycles. The van der Waals surface area contributed by atoms with Crippen LogP contribution in [0.1, 0.15) is 16.1 Å². The largest absolute Gasteiger partial charge is 0.501 e. The van der Waals surface area contributed by atoms with Gasteiger partial charge in [0.1, 0.15) is 0 Å². The molecule has 0 spiro atoms. The molecular weight excluding hydrogens is 421 g/mol. The minimum absolute atomic E-state index is 0.0584. The molecule has 0 atom stereocenters. The number of halogens is 3. The van der Waals surface area contributed by atoms with E-state index in [1.165, 1.54) is 6.20 Å². The number of anilines is 2. The van der Waals surface area contributed by atoms with Gasteiger partial charge in [-0.3, -0.25) is 4.79 Å². The van der Waals surface area contributed by atoms with E-state index in [2.05, 4.69) is 15.3 Å². The number of nitrogens with one attached hydrogen (secondary N) is 1. The number of aromatic nitrogens is 2. The Hall–Kier alpha value is -3.47. The molecule has 0 saturated carbocycles. The van der Waals surface area contributed by atoms with Crippen molar-refractivity contribution in [2.24, 2.45) is 0 Å². The first-order valence-corrected chi connectivity index (χ1v) is 9.89. The molecule has 1 amide bonds. The van der Waals surface area contributed by atoms with E-state index in [-0.39, 0.29) is 17.2 Å². The van der Waals surface area contributed by atoms with Crippen molar-refractivity contribution >= 4 is 27.2 Å². The molecule has 2 aromatic carbocycles. The molecule has 30 heavy (non-hydrogen) atoms. The molecule has 3 N–H and O–H groups in total. The first-order chi connectivity index (χ1) is 14.0. The zero-order valence-electron chi connectivity index (χ0n) is 15.4. The van der Waals surface area contributed by atoms with Gasteiger partial charge in [0.25, 0.3) is 15.7 Å². The summed E-state index contributed by atoms with van der Waals surface area (Å²) in [5, 5.41) is 2.41. The molecule has 11 heteroatoms. The lowest BCUT2D eigenvalue weighted by molar-refractivity contribution is -0.0436. The van der Waals surface area contributed by atoms with Gasteiger partial charge in [-0.2, -0.15) is 13.2 Å². The second-order valence-electron chi connectivity index (χ2n) is 6.28. The summed E-state index contributed by atoms with van der Waals surface area (Å²) in [5.74, 6) is -0.889. The lowest BCUT2D eigenvalue weighted by Gasteiger charge is -2.10. The van der Waals surface area contributed by atoms with Crippen LogP contribution in [-0.2, 0) is 9.84 Å². The van der Waals surface area contributed by atoms with Gasteiger partial charge in [0.15, 0.2) is 11.5 Å². The summed E-state index contributed by atoms with van der Waals surface area (Å²) in [5.41, 5.74) is 2.35. The predicted octanol–water partition coefficient (Wildman–Crippen LogP) is 3.58. The molecule has 0 aliphatic rings. The number of nitrogens with zero attached hydrogens (tertiary/aromatic N) is 2. The fourth-order valence-corrected chi connectivity index (χ4v) is 3.23. The number of nitrogen functional groups attached to an aromatic ring is 1. The third kappa shape index (κ3) is 4.25. The van der Waals surface area contributed by atoms with Crippen molar-refractivity contribution in [1.29, 1.82) is 0 Å². The summed E-state index contributed by atoms with van der Waals surface area (Å²) >= 11 is 0. The van der Waals surface area contributed by atoms with Gasteiger partial charge in [-0.25, -0.2) is 18.4 Å². The highest BCUT2D eigenvalue weighted by atomic mass is 32.2. The molecule has 7 nitrogen and oxygen atoms in total. The van der Waals surface area contributed by atoms with Gasteiger partial charge in [0.05, 0.1) is 16.8 Å². The lowest BCUT2D eigenvalue weighted by Crippen LogP contribution is -2.23. The maximum absolute atomic E-state index is 12.6. The average molecular weight is 436 g/mol. The molecule has 1 heterocycles. The second kappa shape index (κ2) is 7.75. The van der Waals surface area contributed by atoms with Crippen molar-refractivity contribution in [3.63, 3.8) is 0 Å². The van der Waals surface area contributed by atoms with Crippen LogP contribution in [0.25, 0.3) is 11.3 Å². The van der Waals surface area contributed by atoms with E-state index in [4.69, 9.17) is 5.73 Å². The van der Waals surface area contributed by atoms with E-state index in [1.54, 1.807) is 12.1 Å². The standard InChI is InChI=1S/C19H15F3N4O3S/c1-11-2-4-12(5-3-11)15-10-24-17(23)16(26-15)18(27)25-13-6-8-14(9-7-13)30(28,29)19(20,21)22/h2-10H,1H3,(H2,23,24)(H,25,27). The summed E-state index contributed by atoms with van der Waals surface area (Å²) in [6, 6.07) is 10.9. The Morgan fingerprint density at radius 1 is 1.03 bits per heavy atom. The summed E-state index contributed by atoms with van der Waals surface area (Å²) in [6.07, 6.45) is 1.41. The van der Waals surface area contributed by atoms with Gasteiger partial charge in [0.2, 0.25) is 0 Å². The zero-order chi connectivity index (χ0) is 22.1. The van der Waals surface area contributed by atoms with Crippen LogP contribution < -0.4 is 11.1 Å². The van der Waals surface area contributed by atoms with Crippen molar-refractivity contribution in [2.45, 2.75) is 17.3 Å². The van der Waals surface area contributed by atoms with Crippen molar-refractivity contribution in [1.82, 2.24) is 9.97 Å². The SMILES string of the molecule is Cc1ccc(-c2cnc(N)c(C(=O)Nc3ccc(S(=O)(=O)C(F)(F)F)cc3)n2)cc1. The maximum atomic E-state index is 12.6. The molecule has 0 aliphatic heterocycles. The minimum atomic E-state index is -5.47. The van der Waals surface area contributed by atoms with Gasteiger partial charge in [-0.1, -0.05) is 29.8 Å². The number of amides is 1. The molecule has 3 aromatic rings. The summed E-state index contributed by atoms with van der Waals surface area (Å²) in [4.78, 5) is 19.8. The fourth-order valence-electron chi connectivity index (χ4n) is 2.47. The maximum Gasteiger partial charge on any atom is 0.501 e. The monoisotopic (exact) mass is 436 g/mol. The van der Waals surface area contributed by atoms with Gasteiger partial charge in [-0.15, -0.1) is 0 Å². The van der Waals surface area contributed by atoms with Gasteiger partial charge in [0, 0.05) is 11.3 Å². The van der Waals surface area contributed by atoms with Crippen LogP contribution in [0.3, 0.4) is 0 Å². The van der Waals surface area contributed by atoms with Gasteiger partial charge in [-0.05, 0) is 31.2 Å². The predicted molar refractivity (Wildman–Crippen MR) is 104 cm³/mol. The van der Waals surface area contributed by atoms with Gasteiger partial charge >= 0.3 is 5.51 Å². The number of carbonyl (C=O) groups excluding carboxylic acids is 1. The number of rotatable bonds is 4. The van der Waals surface area contributed by atoms with Gasteiger partial charge < -0.3 is 11.1 Å². The van der Waals surface area contributed by atoms with E-state index in [0.717, 1.165) is 29.8 Å². The number of aryl methyl sites for hydroxylation is 1. The number of hydrogen-bond acceptors (Lipinski definition) is 6. The Bertz CT molecular complexity index is 1190. The third-order valence-electron chi connectivity index (χ3n) is 4.09. The molecule has 0 saturated heterocycles. The quantitative estimate of drug-likeness (QED) is 0.646. The number of alkyl halides is 3. The number of benzene rings is 2. The minimum Gasteiger partial charge on any atom is -0.382 e. The van der Waals surface area contributed by atoms with Crippen molar-refractivity contribution < 1.29 is 26.4 Å². The average Bonchev–Trinajstić information content (AvgIpc) is 2.68. The normalized spacial score (nSPS) is 11.9. The Morgan fingerprint density at radius 2 is 1.63 bits per heavy atom. The van der Waals surface area contributed by atoms with E-state index >= 15 is 0 Å². The molecule has 156 valence electrons. The Morgan fingerprint density at radius 3 is 2.20 bits per heavy atom.